The van der Waals surface area contributed by atoms with Gasteiger partial charge in [0.25, 0.3) is 7.28 Å². The first kappa shape index (κ1) is 61.7. The van der Waals surface area contributed by atoms with Gasteiger partial charge in [-0.25, -0.2) is 0 Å². The first-order valence-electron chi connectivity index (χ1n) is 26.2. The van der Waals surface area contributed by atoms with Crippen LogP contribution in [0.5, 0.6) is 0 Å². The Balaban J connectivity index is 1.97. The maximum Gasteiger partial charge on any atom is 0.271 e. The van der Waals surface area contributed by atoms with Gasteiger partial charge in [-0.1, -0.05) is 136 Å². The van der Waals surface area contributed by atoms with Crippen LogP contribution in [0.25, 0.3) is 0 Å². The average molecular weight is 971 g/mol. The number of unbranched alkanes of at least 4 members (excludes halogenated alkanes) is 18. The molecular formula is C50H95BN4O13. The molecule has 18 heteroatoms. The molecule has 2 saturated heterocycles. The summed E-state index contributed by atoms with van der Waals surface area (Å²) in [5.41, 5.74) is 0. The Morgan fingerprint density at radius 3 is 1.49 bits per heavy atom. The van der Waals surface area contributed by atoms with Crippen LogP contribution < -0.4 is 21.3 Å². The lowest BCUT2D eigenvalue weighted by molar-refractivity contribution is -0.358. The molecule has 4 N–H and O–H groups in total. The molecule has 11 atom stereocenters. The summed E-state index contributed by atoms with van der Waals surface area (Å²) in [6, 6.07) is 0. The Labute approximate surface area is 410 Å². The van der Waals surface area contributed by atoms with Crippen molar-refractivity contribution in [1.82, 2.24) is 21.3 Å². The summed E-state index contributed by atoms with van der Waals surface area (Å²) in [5, 5.41) is 11.5. The van der Waals surface area contributed by atoms with Crippen molar-refractivity contribution in [3.8, 4) is 0 Å². The van der Waals surface area contributed by atoms with E-state index in [1.165, 1.54) is 104 Å². The second kappa shape index (κ2) is 38.3. The molecule has 4 unspecified atom stereocenters. The molecule has 0 bridgehead atoms. The molecule has 0 aromatic rings. The number of nitrogens with one attached hydrogen (secondary N) is 4. The highest BCUT2D eigenvalue weighted by Crippen LogP contribution is 2.35. The molecular weight excluding hydrogens is 875 g/mol. The molecule has 0 aliphatic carbocycles. The van der Waals surface area contributed by atoms with Gasteiger partial charge >= 0.3 is 0 Å². The van der Waals surface area contributed by atoms with Crippen molar-refractivity contribution in [3.05, 3.63) is 0 Å². The normalized spacial score (nSPS) is 25.4. The SMILES string of the molecule is CCCCCCCCCCCCNC(=O)B[C@H](NC(=O)CCC(=O)NCC1O[C@H](O[C@@H]2C(COC)O[C@H](OC)C(OC)[C@H]2OC)C(OC)[C@@H](OC)[C@@H]1C)C(=O)NCCCCCCCCCCCC. The highest BCUT2D eigenvalue weighted by atomic mass is 16.8. The molecule has 2 aliphatic rings. The molecule has 4 amide bonds. The van der Waals surface area contributed by atoms with Crippen LogP contribution in [0.3, 0.4) is 0 Å². The molecule has 0 saturated carbocycles. The summed E-state index contributed by atoms with van der Waals surface area (Å²) >= 11 is 0. The smallest absolute Gasteiger partial charge is 0.271 e. The van der Waals surface area contributed by atoms with E-state index in [1.54, 1.807) is 28.4 Å². The fraction of sp³-hybridized carbons (Fsp3) is 0.920. The molecule has 2 aliphatic heterocycles. The van der Waals surface area contributed by atoms with Crippen molar-refractivity contribution < 1.29 is 61.8 Å². The number of rotatable bonds is 40. The number of carbonyl (C=O) groups excluding carboxylic acids is 4. The summed E-state index contributed by atoms with van der Waals surface area (Å²) in [5.74, 6) is -2.90. The number of hydrogen-bond donors (Lipinski definition) is 4. The zero-order valence-electron chi connectivity index (χ0n) is 43.7. The minimum atomic E-state index is -1.06. The summed E-state index contributed by atoms with van der Waals surface area (Å²) in [4.78, 5) is 53.0. The molecule has 2 rings (SSSR count). The van der Waals surface area contributed by atoms with Gasteiger partial charge in [-0.05, 0) is 12.8 Å². The van der Waals surface area contributed by atoms with Gasteiger partial charge in [-0.2, -0.15) is 0 Å². The average Bonchev–Trinajstić information content (AvgIpc) is 3.33. The maximum atomic E-state index is 13.4. The van der Waals surface area contributed by atoms with Crippen LogP contribution >= 0.6 is 0 Å². The fourth-order valence-electron chi connectivity index (χ4n) is 9.23. The van der Waals surface area contributed by atoms with E-state index >= 15 is 0 Å². The topological polar surface area (TPSA) is 199 Å². The summed E-state index contributed by atoms with van der Waals surface area (Å²) in [6.07, 6.45) is 17.3. The van der Waals surface area contributed by atoms with Gasteiger partial charge < -0.3 is 63.9 Å². The Kier molecular flexibility index (Phi) is 34.7. The van der Waals surface area contributed by atoms with Gasteiger partial charge in [-0.15, -0.1) is 0 Å². The minimum Gasteiger partial charge on any atom is -0.382 e. The molecule has 0 aromatic carbocycles. The van der Waals surface area contributed by atoms with Crippen molar-refractivity contribution >= 4 is 30.8 Å². The lowest BCUT2D eigenvalue weighted by atomic mass is 9.67. The van der Waals surface area contributed by atoms with Crippen LogP contribution in [0.2, 0.25) is 0 Å². The van der Waals surface area contributed by atoms with Crippen LogP contribution in [-0.4, -0.2) is 161 Å². The van der Waals surface area contributed by atoms with Crippen molar-refractivity contribution in [2.45, 2.75) is 223 Å². The molecule has 0 radical (unpaired) electrons. The van der Waals surface area contributed by atoms with E-state index < -0.39 is 73.1 Å². The zero-order valence-corrected chi connectivity index (χ0v) is 43.7. The number of amides is 4. The van der Waals surface area contributed by atoms with Crippen molar-refractivity contribution in [2.75, 3.05) is 68.9 Å². The summed E-state index contributed by atoms with van der Waals surface area (Å²) in [6.45, 7) is 7.63. The third kappa shape index (κ3) is 23.7. The van der Waals surface area contributed by atoms with Gasteiger partial charge in [0.1, 0.15) is 30.5 Å². The third-order valence-corrected chi connectivity index (χ3v) is 13.3. The van der Waals surface area contributed by atoms with Gasteiger partial charge in [0, 0.05) is 81.1 Å². The Hall–Kier alpha value is -2.42. The van der Waals surface area contributed by atoms with Gasteiger partial charge in [0.2, 0.25) is 17.7 Å². The van der Waals surface area contributed by atoms with Gasteiger partial charge in [0.15, 0.2) is 18.4 Å². The Bertz CT molecular complexity index is 1340. The number of methoxy groups -OCH3 is 6. The van der Waals surface area contributed by atoms with Gasteiger partial charge in [0.05, 0.1) is 24.8 Å². The largest absolute Gasteiger partial charge is 0.382 e. The fourth-order valence-corrected chi connectivity index (χ4v) is 9.23. The quantitative estimate of drug-likeness (QED) is 0.0397. The standard InChI is InChI=1S/C50H95BN4O13/c1-10-12-14-16-18-20-22-24-26-28-32-52-47(58)46(51-50(59)53-33-29-27-25-23-21-19-17-15-13-11-2)55-40(57)31-30-39(56)54-34-37-36(3)41(61-5)44(63-7)49(66-37)68-42-38(35-60-4)67-48(65-9)45(64-8)43(42)62-6/h36-38,41-46,48-49,51H,10-35H2,1-9H3,(H,52,58)(H,53,59)(H,54,56)(H,55,57)/t36-,37?,38?,41+,42-,43+,44?,45?,46-,48+,49-/m1/s1. The first-order chi connectivity index (χ1) is 33.0. The first-order valence-corrected chi connectivity index (χ1v) is 26.2. The lowest BCUT2D eigenvalue weighted by Crippen LogP contribution is -2.65. The molecule has 2 heterocycles. The highest BCUT2D eigenvalue weighted by Gasteiger charge is 2.52. The van der Waals surface area contributed by atoms with Crippen molar-refractivity contribution in [3.63, 3.8) is 0 Å². The minimum absolute atomic E-state index is 0.0871. The van der Waals surface area contributed by atoms with Crippen LogP contribution in [-0.2, 0) is 57.0 Å². The zero-order chi connectivity index (χ0) is 49.9. The second-order valence-corrected chi connectivity index (χ2v) is 18.7. The number of carbonyl (C=O) groups is 4. The van der Waals surface area contributed by atoms with E-state index in [2.05, 4.69) is 35.1 Å². The van der Waals surface area contributed by atoms with Crippen LogP contribution in [0.4, 0.5) is 4.79 Å². The van der Waals surface area contributed by atoms with Crippen LogP contribution in [0.1, 0.15) is 162 Å². The molecule has 2 fully saturated rings. The van der Waals surface area contributed by atoms with Crippen molar-refractivity contribution in [1.29, 1.82) is 0 Å². The number of ether oxygens (including phenoxy) is 9. The Morgan fingerprint density at radius 1 is 0.515 bits per heavy atom. The van der Waals surface area contributed by atoms with E-state index in [1.807, 2.05) is 6.92 Å². The summed E-state index contributed by atoms with van der Waals surface area (Å²) in [7, 11) is 9.11. The Morgan fingerprint density at radius 2 is 0.985 bits per heavy atom. The molecule has 0 spiro atoms. The second-order valence-electron chi connectivity index (χ2n) is 18.7. The summed E-state index contributed by atoms with van der Waals surface area (Å²) < 4.78 is 53.6. The van der Waals surface area contributed by atoms with E-state index in [0.717, 1.165) is 38.5 Å². The van der Waals surface area contributed by atoms with Crippen LogP contribution in [0, 0.1) is 5.92 Å². The van der Waals surface area contributed by atoms with Crippen LogP contribution in [0.15, 0.2) is 0 Å². The third-order valence-electron chi connectivity index (χ3n) is 13.3. The maximum absolute atomic E-state index is 13.4. The molecule has 17 nitrogen and oxygen atoms in total. The number of hydrogen-bond acceptors (Lipinski definition) is 13. The highest BCUT2D eigenvalue weighted by molar-refractivity contribution is 6.77. The lowest BCUT2D eigenvalue weighted by Gasteiger charge is -2.49. The van der Waals surface area contributed by atoms with Crippen molar-refractivity contribution in [2.24, 2.45) is 5.92 Å². The van der Waals surface area contributed by atoms with E-state index in [0.29, 0.717) is 13.1 Å². The predicted molar refractivity (Wildman–Crippen MR) is 265 cm³/mol. The van der Waals surface area contributed by atoms with E-state index in [4.69, 9.17) is 42.6 Å². The van der Waals surface area contributed by atoms with E-state index in [-0.39, 0.29) is 50.9 Å². The van der Waals surface area contributed by atoms with Gasteiger partial charge in [-0.3, -0.25) is 19.2 Å². The monoisotopic (exact) mass is 971 g/mol. The van der Waals surface area contributed by atoms with E-state index in [9.17, 15) is 19.2 Å². The molecule has 0 aromatic heterocycles. The predicted octanol–water partition coefficient (Wildman–Crippen LogP) is 6.25. The molecule has 396 valence electrons. The molecule has 68 heavy (non-hydrogen) atoms.